The van der Waals surface area contributed by atoms with Crippen molar-refractivity contribution in [2.24, 2.45) is 0 Å². The zero-order valence-corrected chi connectivity index (χ0v) is 12.7. The Labute approximate surface area is 115 Å². The van der Waals surface area contributed by atoms with E-state index in [1.165, 1.54) is 5.69 Å². The molecule has 0 radical (unpaired) electrons. The highest BCUT2D eigenvalue weighted by Gasteiger charge is 2.13. The van der Waals surface area contributed by atoms with E-state index in [0.29, 0.717) is 6.04 Å². The highest BCUT2D eigenvalue weighted by molar-refractivity contribution is 7.98. The minimum absolute atomic E-state index is 0.336. The fourth-order valence-corrected chi connectivity index (χ4v) is 2.92. The molecule has 0 fully saturated rings. The van der Waals surface area contributed by atoms with Crippen LogP contribution >= 0.6 is 11.8 Å². The maximum atomic E-state index is 9.78. The number of hydrogen-bond acceptors (Lipinski definition) is 3. The van der Waals surface area contributed by atoms with E-state index in [2.05, 4.69) is 37.3 Å². The summed E-state index contributed by atoms with van der Waals surface area (Å²) in [7, 11) is 2.15. The summed E-state index contributed by atoms with van der Waals surface area (Å²) < 4.78 is 0. The zero-order valence-electron chi connectivity index (χ0n) is 11.9. The lowest BCUT2D eigenvalue weighted by Crippen LogP contribution is -2.33. The lowest BCUT2D eigenvalue weighted by atomic mass is 10.1. The Bertz CT molecular complexity index is 339. The summed E-state index contributed by atoms with van der Waals surface area (Å²) >= 11 is 1.89. The molecule has 0 saturated carbocycles. The van der Waals surface area contributed by atoms with Crippen molar-refractivity contribution < 1.29 is 5.11 Å². The van der Waals surface area contributed by atoms with Crippen molar-refractivity contribution in [1.82, 2.24) is 0 Å². The molecule has 0 aliphatic rings. The van der Waals surface area contributed by atoms with Gasteiger partial charge in [-0.15, -0.1) is 0 Å². The molecule has 1 aromatic carbocycles. The van der Waals surface area contributed by atoms with Crippen molar-refractivity contribution in [2.45, 2.75) is 38.8 Å². The van der Waals surface area contributed by atoms with Crippen molar-refractivity contribution in [1.29, 1.82) is 0 Å². The molecule has 0 aliphatic heterocycles. The fourth-order valence-electron chi connectivity index (χ4n) is 2.07. The number of anilines is 1. The number of hydrogen-bond donors (Lipinski definition) is 1. The van der Waals surface area contributed by atoms with Crippen LogP contribution in [0.2, 0.25) is 0 Å². The van der Waals surface area contributed by atoms with Crippen LogP contribution in [0.25, 0.3) is 0 Å². The minimum atomic E-state index is -0.336. The van der Waals surface area contributed by atoms with Gasteiger partial charge in [0.1, 0.15) is 0 Å². The first-order chi connectivity index (χ1) is 8.63. The Morgan fingerprint density at radius 2 is 1.78 bits per heavy atom. The summed E-state index contributed by atoms with van der Waals surface area (Å²) in [6.07, 6.45) is 3.73. The Morgan fingerprint density at radius 1 is 1.17 bits per heavy atom. The smallest absolute Gasteiger partial charge is 0.0787 e. The molecule has 0 heterocycles. The molecule has 0 bridgehead atoms. The molecule has 2 atom stereocenters. The summed E-state index contributed by atoms with van der Waals surface area (Å²) in [6, 6.07) is 8.85. The first kappa shape index (κ1) is 15.4. The van der Waals surface area contributed by atoms with Crippen molar-refractivity contribution >= 4 is 17.4 Å². The summed E-state index contributed by atoms with van der Waals surface area (Å²) in [4.78, 5) is 2.33. The molecule has 2 nitrogen and oxygen atoms in total. The zero-order chi connectivity index (χ0) is 13.5. The summed E-state index contributed by atoms with van der Waals surface area (Å²) in [5, 5.41) is 9.78. The van der Waals surface area contributed by atoms with Crippen LogP contribution in [-0.2, 0) is 0 Å². The van der Waals surface area contributed by atoms with E-state index in [1.54, 1.807) is 0 Å². The van der Waals surface area contributed by atoms with Gasteiger partial charge >= 0.3 is 0 Å². The number of benzene rings is 1. The third kappa shape index (κ3) is 3.92. The van der Waals surface area contributed by atoms with Gasteiger partial charge in [0.2, 0.25) is 0 Å². The topological polar surface area (TPSA) is 23.5 Å². The number of aliphatic hydroxyl groups is 1. The fraction of sp³-hybridized carbons (Fsp3) is 0.600. The highest BCUT2D eigenvalue weighted by atomic mass is 32.2. The van der Waals surface area contributed by atoms with Gasteiger partial charge in [0, 0.05) is 24.5 Å². The third-order valence-electron chi connectivity index (χ3n) is 3.45. The molecule has 3 heteroatoms. The van der Waals surface area contributed by atoms with Crippen molar-refractivity contribution in [3.05, 3.63) is 29.8 Å². The molecule has 18 heavy (non-hydrogen) atoms. The van der Waals surface area contributed by atoms with Crippen molar-refractivity contribution in [3.8, 4) is 0 Å². The average molecular weight is 267 g/mol. The third-order valence-corrected chi connectivity index (χ3v) is 4.17. The van der Waals surface area contributed by atoms with Crippen molar-refractivity contribution in [2.75, 3.05) is 24.0 Å². The second-order valence-corrected chi connectivity index (χ2v) is 5.55. The Balaban J connectivity index is 2.77. The Morgan fingerprint density at radius 3 is 2.22 bits per heavy atom. The van der Waals surface area contributed by atoms with E-state index < -0.39 is 0 Å². The quantitative estimate of drug-likeness (QED) is 0.814. The number of rotatable bonds is 7. The summed E-state index contributed by atoms with van der Waals surface area (Å²) in [5.41, 5.74) is 2.23. The van der Waals surface area contributed by atoms with Gasteiger partial charge in [-0.25, -0.2) is 0 Å². The van der Waals surface area contributed by atoms with Crippen LogP contribution in [-0.4, -0.2) is 30.2 Å². The van der Waals surface area contributed by atoms with E-state index in [4.69, 9.17) is 0 Å². The van der Waals surface area contributed by atoms with Crippen LogP contribution in [0.1, 0.15) is 38.4 Å². The van der Waals surface area contributed by atoms with Crippen LogP contribution in [0.4, 0.5) is 5.69 Å². The number of nitrogens with zero attached hydrogens (tertiary/aromatic N) is 1. The molecule has 1 N–H and O–H groups in total. The molecular weight excluding hydrogens is 242 g/mol. The first-order valence-electron chi connectivity index (χ1n) is 6.63. The normalized spacial score (nSPS) is 14.3. The summed E-state index contributed by atoms with van der Waals surface area (Å²) in [5.74, 6) is 1.15. The predicted octanol–water partition coefficient (Wildman–Crippen LogP) is 3.71. The van der Waals surface area contributed by atoms with Gasteiger partial charge in [-0.05, 0) is 36.8 Å². The SMILES string of the molecule is CCC(CSC)N(C)c1ccc([C@H](O)CC)cc1. The van der Waals surface area contributed by atoms with Gasteiger partial charge in [-0.1, -0.05) is 26.0 Å². The van der Waals surface area contributed by atoms with E-state index >= 15 is 0 Å². The van der Waals surface area contributed by atoms with Crippen LogP contribution < -0.4 is 4.90 Å². The van der Waals surface area contributed by atoms with E-state index in [0.717, 1.165) is 24.2 Å². The van der Waals surface area contributed by atoms with E-state index in [1.807, 2.05) is 30.8 Å². The van der Waals surface area contributed by atoms with Gasteiger partial charge in [0.05, 0.1) is 6.10 Å². The van der Waals surface area contributed by atoms with Crippen molar-refractivity contribution in [3.63, 3.8) is 0 Å². The first-order valence-corrected chi connectivity index (χ1v) is 8.03. The lowest BCUT2D eigenvalue weighted by Gasteiger charge is -2.29. The Kier molecular flexibility index (Phi) is 6.58. The largest absolute Gasteiger partial charge is 0.388 e. The molecule has 0 aromatic heterocycles. The number of thioether (sulfide) groups is 1. The van der Waals surface area contributed by atoms with Crippen LogP contribution in [0.3, 0.4) is 0 Å². The van der Waals surface area contributed by atoms with Crippen LogP contribution in [0.5, 0.6) is 0 Å². The average Bonchev–Trinajstić information content (AvgIpc) is 2.43. The number of aliphatic hydroxyl groups excluding tert-OH is 1. The van der Waals surface area contributed by atoms with E-state index in [-0.39, 0.29) is 6.10 Å². The monoisotopic (exact) mass is 267 g/mol. The molecule has 0 spiro atoms. The van der Waals surface area contributed by atoms with Gasteiger partial charge in [0.15, 0.2) is 0 Å². The molecule has 1 aromatic rings. The van der Waals surface area contributed by atoms with Gasteiger partial charge in [-0.3, -0.25) is 0 Å². The van der Waals surface area contributed by atoms with E-state index in [9.17, 15) is 5.11 Å². The maximum Gasteiger partial charge on any atom is 0.0787 e. The Hall–Kier alpha value is -0.670. The second-order valence-electron chi connectivity index (χ2n) is 4.64. The van der Waals surface area contributed by atoms with Crippen LogP contribution in [0, 0.1) is 0 Å². The maximum absolute atomic E-state index is 9.78. The molecule has 1 unspecified atom stereocenters. The molecule has 0 saturated heterocycles. The van der Waals surface area contributed by atoms with Gasteiger partial charge < -0.3 is 10.0 Å². The van der Waals surface area contributed by atoms with Crippen LogP contribution in [0.15, 0.2) is 24.3 Å². The standard InChI is InChI=1S/C15H25NOS/c1-5-13(11-18-4)16(3)14-9-7-12(8-10-14)15(17)6-2/h7-10,13,15,17H,5-6,11H2,1-4H3/t13?,15-/m1/s1. The molecule has 0 aliphatic carbocycles. The van der Waals surface area contributed by atoms with Gasteiger partial charge in [-0.2, -0.15) is 11.8 Å². The molecule has 0 amide bonds. The highest BCUT2D eigenvalue weighted by Crippen LogP contribution is 2.23. The van der Waals surface area contributed by atoms with Gasteiger partial charge in [0.25, 0.3) is 0 Å². The second kappa shape index (κ2) is 7.70. The predicted molar refractivity (Wildman–Crippen MR) is 82.6 cm³/mol. The summed E-state index contributed by atoms with van der Waals surface area (Å²) in [6.45, 7) is 4.23. The lowest BCUT2D eigenvalue weighted by molar-refractivity contribution is 0.173. The molecule has 1 rings (SSSR count). The molecule has 102 valence electrons. The minimum Gasteiger partial charge on any atom is -0.388 e. The molecular formula is C15H25NOS.